The lowest BCUT2D eigenvalue weighted by atomic mass is 10.1. The van der Waals surface area contributed by atoms with Crippen LogP contribution >= 0.6 is 0 Å². The molecule has 0 saturated carbocycles. The normalized spacial score (nSPS) is 17.5. The van der Waals surface area contributed by atoms with Gasteiger partial charge in [0, 0.05) is 56.2 Å². The first kappa shape index (κ1) is 21.3. The molecule has 0 unspecified atom stereocenters. The molecule has 7 nitrogen and oxygen atoms in total. The van der Waals surface area contributed by atoms with Crippen molar-refractivity contribution in [1.82, 2.24) is 9.80 Å². The highest BCUT2D eigenvalue weighted by Crippen LogP contribution is 2.19. The molecule has 2 aliphatic rings. The van der Waals surface area contributed by atoms with Gasteiger partial charge in [0.05, 0.1) is 19.8 Å². The van der Waals surface area contributed by atoms with Crippen LogP contribution in [0.2, 0.25) is 0 Å². The minimum atomic E-state index is -0.417. The Morgan fingerprint density at radius 1 is 0.935 bits per heavy atom. The van der Waals surface area contributed by atoms with Gasteiger partial charge in [-0.2, -0.15) is 0 Å². The Hall–Kier alpha value is -2.97. The summed E-state index contributed by atoms with van der Waals surface area (Å²) in [6.45, 7) is 5.72. The van der Waals surface area contributed by atoms with Gasteiger partial charge in [-0.05, 0) is 42.5 Å². The summed E-state index contributed by atoms with van der Waals surface area (Å²) in [6, 6.07) is 13.6. The first-order valence-electron chi connectivity index (χ1n) is 10.6. The topological polar surface area (TPSA) is 65.1 Å². The highest BCUT2D eigenvalue weighted by molar-refractivity contribution is 5.94. The third-order valence-corrected chi connectivity index (χ3v) is 5.63. The lowest BCUT2D eigenvalue weighted by molar-refractivity contribution is -0.117. The number of benzene rings is 2. The molecule has 2 aliphatic heterocycles. The first-order valence-corrected chi connectivity index (χ1v) is 10.6. The van der Waals surface area contributed by atoms with Crippen molar-refractivity contribution in [3.05, 3.63) is 59.9 Å². The Morgan fingerprint density at radius 3 is 2.32 bits per heavy atom. The van der Waals surface area contributed by atoms with Crippen molar-refractivity contribution in [2.24, 2.45) is 0 Å². The number of carbonyl (C=O) groups is 2. The van der Waals surface area contributed by atoms with Crippen LogP contribution in [0, 0.1) is 5.82 Å². The zero-order valence-corrected chi connectivity index (χ0v) is 17.4. The molecule has 0 aliphatic carbocycles. The fourth-order valence-electron chi connectivity index (χ4n) is 3.89. The van der Waals surface area contributed by atoms with Gasteiger partial charge in [0.2, 0.25) is 5.91 Å². The average Bonchev–Trinajstić information content (AvgIpc) is 2.80. The molecular weight excluding hydrogens is 399 g/mol. The number of morpholine rings is 1. The fraction of sp³-hybridized carbons (Fsp3) is 0.391. The van der Waals surface area contributed by atoms with E-state index in [1.807, 2.05) is 29.2 Å². The summed E-state index contributed by atoms with van der Waals surface area (Å²) in [5.41, 5.74) is 2.24. The molecule has 0 radical (unpaired) electrons. The van der Waals surface area contributed by atoms with E-state index in [1.165, 1.54) is 18.2 Å². The third kappa shape index (κ3) is 5.59. The number of rotatable bonds is 5. The van der Waals surface area contributed by atoms with Gasteiger partial charge in [-0.1, -0.05) is 6.07 Å². The number of piperazine rings is 1. The second kappa shape index (κ2) is 9.89. The monoisotopic (exact) mass is 426 g/mol. The average molecular weight is 426 g/mol. The summed E-state index contributed by atoms with van der Waals surface area (Å²) >= 11 is 0. The van der Waals surface area contributed by atoms with Crippen molar-refractivity contribution in [3.63, 3.8) is 0 Å². The largest absolute Gasteiger partial charge is 0.378 e. The van der Waals surface area contributed by atoms with Gasteiger partial charge in [-0.3, -0.25) is 14.5 Å². The van der Waals surface area contributed by atoms with Crippen LogP contribution in [0.4, 0.5) is 15.8 Å². The van der Waals surface area contributed by atoms with E-state index < -0.39 is 5.82 Å². The molecule has 0 spiro atoms. The van der Waals surface area contributed by atoms with Gasteiger partial charge in [0.1, 0.15) is 5.82 Å². The lowest BCUT2D eigenvalue weighted by Gasteiger charge is -2.34. The van der Waals surface area contributed by atoms with E-state index in [1.54, 1.807) is 11.0 Å². The molecule has 0 bridgehead atoms. The maximum absolute atomic E-state index is 13.4. The summed E-state index contributed by atoms with van der Waals surface area (Å²) in [7, 11) is 0. The zero-order valence-electron chi connectivity index (χ0n) is 17.4. The van der Waals surface area contributed by atoms with Crippen molar-refractivity contribution in [1.29, 1.82) is 0 Å². The van der Waals surface area contributed by atoms with E-state index >= 15 is 0 Å². The quantitative estimate of drug-likeness (QED) is 0.793. The van der Waals surface area contributed by atoms with Gasteiger partial charge in [0.25, 0.3) is 5.91 Å². The molecule has 0 aromatic heterocycles. The SMILES string of the molecule is O=C(CN1CCN(C(=O)c2cccc(F)c2)CC1)Nc1ccc(N2CCOCC2)cc1. The van der Waals surface area contributed by atoms with Crippen LogP contribution in [-0.4, -0.2) is 80.6 Å². The van der Waals surface area contributed by atoms with Gasteiger partial charge in [0.15, 0.2) is 0 Å². The Labute approximate surface area is 181 Å². The number of nitrogens with zero attached hydrogens (tertiary/aromatic N) is 3. The predicted molar refractivity (Wildman–Crippen MR) is 117 cm³/mol. The molecule has 2 fully saturated rings. The number of halogens is 1. The molecule has 2 heterocycles. The van der Waals surface area contributed by atoms with Crippen LogP contribution in [0.3, 0.4) is 0 Å². The van der Waals surface area contributed by atoms with Crippen LogP contribution in [-0.2, 0) is 9.53 Å². The van der Waals surface area contributed by atoms with Crippen LogP contribution in [0.25, 0.3) is 0 Å². The Balaban J connectivity index is 1.23. The number of nitrogens with one attached hydrogen (secondary N) is 1. The summed E-state index contributed by atoms with van der Waals surface area (Å²) < 4.78 is 18.7. The van der Waals surface area contributed by atoms with Crippen LogP contribution in [0.1, 0.15) is 10.4 Å². The Bertz CT molecular complexity index is 907. The van der Waals surface area contributed by atoms with E-state index in [4.69, 9.17) is 4.74 Å². The molecule has 1 N–H and O–H groups in total. The number of anilines is 2. The van der Waals surface area contributed by atoms with Crippen LogP contribution in [0.5, 0.6) is 0 Å². The molecule has 2 aromatic rings. The predicted octanol–water partition coefficient (Wildman–Crippen LogP) is 2.06. The number of amides is 2. The zero-order chi connectivity index (χ0) is 21.6. The molecule has 0 atom stereocenters. The van der Waals surface area contributed by atoms with E-state index in [0.29, 0.717) is 31.7 Å². The summed E-state index contributed by atoms with van der Waals surface area (Å²) in [6.07, 6.45) is 0. The molecule has 31 heavy (non-hydrogen) atoms. The molecule has 8 heteroatoms. The molecule has 2 aromatic carbocycles. The highest BCUT2D eigenvalue weighted by Gasteiger charge is 2.23. The van der Waals surface area contributed by atoms with Crippen molar-refractivity contribution in [3.8, 4) is 0 Å². The minimum absolute atomic E-state index is 0.0796. The van der Waals surface area contributed by atoms with Crippen LogP contribution in [0.15, 0.2) is 48.5 Å². The number of hydrogen-bond acceptors (Lipinski definition) is 5. The molecule has 4 rings (SSSR count). The van der Waals surface area contributed by atoms with E-state index in [-0.39, 0.29) is 18.4 Å². The third-order valence-electron chi connectivity index (χ3n) is 5.63. The smallest absolute Gasteiger partial charge is 0.254 e. The van der Waals surface area contributed by atoms with Gasteiger partial charge >= 0.3 is 0 Å². The van der Waals surface area contributed by atoms with E-state index in [9.17, 15) is 14.0 Å². The summed E-state index contributed by atoms with van der Waals surface area (Å²) in [5.74, 6) is -0.674. The Morgan fingerprint density at radius 2 is 1.65 bits per heavy atom. The van der Waals surface area contributed by atoms with Crippen molar-refractivity contribution >= 4 is 23.2 Å². The van der Waals surface area contributed by atoms with Gasteiger partial charge < -0.3 is 19.9 Å². The second-order valence-corrected chi connectivity index (χ2v) is 7.77. The number of carbonyl (C=O) groups excluding carboxylic acids is 2. The number of ether oxygens (including phenoxy) is 1. The maximum atomic E-state index is 13.4. The Kier molecular flexibility index (Phi) is 6.79. The van der Waals surface area contributed by atoms with Gasteiger partial charge in [-0.15, -0.1) is 0 Å². The maximum Gasteiger partial charge on any atom is 0.254 e. The van der Waals surface area contributed by atoms with Gasteiger partial charge in [-0.25, -0.2) is 4.39 Å². The lowest BCUT2D eigenvalue weighted by Crippen LogP contribution is -2.50. The number of hydrogen-bond donors (Lipinski definition) is 1. The van der Waals surface area contributed by atoms with Crippen molar-refractivity contribution in [2.75, 3.05) is 69.2 Å². The second-order valence-electron chi connectivity index (χ2n) is 7.77. The minimum Gasteiger partial charge on any atom is -0.378 e. The molecule has 2 saturated heterocycles. The van der Waals surface area contributed by atoms with Crippen LogP contribution < -0.4 is 10.2 Å². The molecular formula is C23H27FN4O3. The highest BCUT2D eigenvalue weighted by atomic mass is 19.1. The van der Waals surface area contributed by atoms with E-state index in [0.717, 1.165) is 37.7 Å². The van der Waals surface area contributed by atoms with E-state index in [2.05, 4.69) is 10.2 Å². The molecule has 2 amide bonds. The standard InChI is InChI=1S/C23H27FN4O3/c24-19-3-1-2-18(16-19)23(30)28-10-8-26(9-11-28)17-22(29)25-20-4-6-21(7-5-20)27-12-14-31-15-13-27/h1-7,16H,8-15,17H2,(H,25,29). The fourth-order valence-corrected chi connectivity index (χ4v) is 3.89. The van der Waals surface area contributed by atoms with Crippen molar-refractivity contribution < 1.29 is 18.7 Å². The first-order chi connectivity index (χ1) is 15.1. The van der Waals surface area contributed by atoms with Crippen molar-refractivity contribution in [2.45, 2.75) is 0 Å². The molecule has 164 valence electrons. The summed E-state index contributed by atoms with van der Waals surface area (Å²) in [5, 5.41) is 2.94. The summed E-state index contributed by atoms with van der Waals surface area (Å²) in [4.78, 5) is 30.9.